The van der Waals surface area contributed by atoms with Gasteiger partial charge in [-0.25, -0.2) is 4.68 Å². The van der Waals surface area contributed by atoms with Crippen molar-refractivity contribution in [2.24, 2.45) is 0 Å². The Morgan fingerprint density at radius 3 is 2.62 bits per heavy atom. The molecule has 1 amide bonds. The van der Waals surface area contributed by atoms with Gasteiger partial charge in [-0.3, -0.25) is 4.79 Å². The van der Waals surface area contributed by atoms with E-state index in [0.717, 1.165) is 5.56 Å². The number of carbonyl (C=O) groups is 1. The fourth-order valence-electron chi connectivity index (χ4n) is 2.20. The van der Waals surface area contributed by atoms with Crippen LogP contribution in [-0.4, -0.2) is 15.7 Å². The normalized spacial score (nSPS) is 10.6. The third kappa shape index (κ3) is 4.49. The minimum Gasteiger partial charge on any atom is -0.470 e. The topological polar surface area (TPSA) is 56.2 Å². The van der Waals surface area contributed by atoms with Crippen molar-refractivity contribution < 1.29 is 9.53 Å². The molecule has 2 aromatic carbocycles. The second-order valence-corrected chi connectivity index (χ2v) is 6.78. The summed E-state index contributed by atoms with van der Waals surface area (Å²) in [5, 5.41) is 8.46. The first-order valence-electron chi connectivity index (χ1n) is 7.61. The van der Waals surface area contributed by atoms with Gasteiger partial charge in [0, 0.05) is 21.9 Å². The first kappa shape index (κ1) is 18.6. The Kier molecular flexibility index (Phi) is 5.71. The van der Waals surface area contributed by atoms with Gasteiger partial charge in [0.05, 0.1) is 5.02 Å². The second kappa shape index (κ2) is 7.99. The van der Waals surface area contributed by atoms with E-state index in [0.29, 0.717) is 26.5 Å². The summed E-state index contributed by atoms with van der Waals surface area (Å²) in [6.45, 7) is 1.99. The first-order chi connectivity index (χ1) is 12.4. The molecule has 26 heavy (non-hydrogen) atoms. The average molecular weight is 411 g/mol. The van der Waals surface area contributed by atoms with Crippen LogP contribution in [0, 0.1) is 6.92 Å². The lowest BCUT2D eigenvalue weighted by Crippen LogP contribution is -2.15. The van der Waals surface area contributed by atoms with E-state index in [4.69, 9.17) is 39.5 Å². The van der Waals surface area contributed by atoms with Gasteiger partial charge in [0.25, 0.3) is 5.91 Å². The highest BCUT2D eigenvalue weighted by molar-refractivity contribution is 6.35. The molecule has 0 bridgehead atoms. The van der Waals surface area contributed by atoms with Gasteiger partial charge in [0.2, 0.25) is 0 Å². The van der Waals surface area contributed by atoms with Crippen molar-refractivity contribution in [2.45, 2.75) is 13.7 Å². The number of hydrogen-bond donors (Lipinski definition) is 1. The van der Waals surface area contributed by atoms with E-state index in [1.807, 2.05) is 13.0 Å². The fourth-order valence-corrected chi connectivity index (χ4v) is 2.83. The monoisotopic (exact) mass is 409 g/mol. The highest BCUT2D eigenvalue weighted by Crippen LogP contribution is 2.27. The molecule has 134 valence electrons. The third-order valence-electron chi connectivity index (χ3n) is 3.57. The average Bonchev–Trinajstić information content (AvgIpc) is 3.06. The standard InChI is InChI=1S/C18H14Cl3N3O2/c1-11-2-3-13(20)9-16(11)22-18(25)15-6-7-24(23-15)10-26-17-5-4-12(19)8-14(17)21/h2-9H,10H2,1H3,(H,22,25). The number of aryl methyl sites for hydroxylation is 1. The van der Waals surface area contributed by atoms with Gasteiger partial charge in [0.15, 0.2) is 12.4 Å². The third-order valence-corrected chi connectivity index (χ3v) is 4.33. The maximum Gasteiger partial charge on any atom is 0.276 e. The van der Waals surface area contributed by atoms with Crippen molar-refractivity contribution in [1.82, 2.24) is 9.78 Å². The molecule has 0 atom stereocenters. The zero-order valence-corrected chi connectivity index (χ0v) is 15.9. The van der Waals surface area contributed by atoms with Crippen LogP contribution in [-0.2, 0) is 6.73 Å². The molecule has 8 heteroatoms. The molecule has 5 nitrogen and oxygen atoms in total. The fraction of sp³-hybridized carbons (Fsp3) is 0.111. The lowest BCUT2D eigenvalue weighted by Gasteiger charge is -2.08. The number of ether oxygens (including phenoxy) is 1. The van der Waals surface area contributed by atoms with Crippen molar-refractivity contribution >= 4 is 46.4 Å². The Hall–Kier alpha value is -2.21. The Balaban J connectivity index is 1.65. The summed E-state index contributed by atoms with van der Waals surface area (Å²) in [4.78, 5) is 12.4. The first-order valence-corrected chi connectivity index (χ1v) is 8.74. The van der Waals surface area contributed by atoms with Crippen molar-refractivity contribution in [3.05, 3.63) is 75.0 Å². The van der Waals surface area contributed by atoms with Crippen LogP contribution >= 0.6 is 34.8 Å². The molecule has 3 aromatic rings. The quantitative estimate of drug-likeness (QED) is 0.609. The Morgan fingerprint density at radius 1 is 1.12 bits per heavy atom. The van der Waals surface area contributed by atoms with Gasteiger partial charge < -0.3 is 10.1 Å². The second-order valence-electron chi connectivity index (χ2n) is 5.50. The maximum absolute atomic E-state index is 12.4. The lowest BCUT2D eigenvalue weighted by molar-refractivity contribution is 0.102. The number of benzene rings is 2. The summed E-state index contributed by atoms with van der Waals surface area (Å²) in [6, 6.07) is 11.8. The van der Waals surface area contributed by atoms with E-state index in [-0.39, 0.29) is 18.3 Å². The van der Waals surface area contributed by atoms with Crippen LogP contribution in [0.1, 0.15) is 16.1 Å². The summed E-state index contributed by atoms with van der Waals surface area (Å²) in [7, 11) is 0. The van der Waals surface area contributed by atoms with Crippen LogP contribution in [0.25, 0.3) is 0 Å². The number of hydrogen-bond acceptors (Lipinski definition) is 3. The largest absolute Gasteiger partial charge is 0.470 e. The lowest BCUT2D eigenvalue weighted by atomic mass is 10.2. The van der Waals surface area contributed by atoms with E-state index in [2.05, 4.69) is 10.4 Å². The molecule has 0 aliphatic carbocycles. The number of rotatable bonds is 5. The number of nitrogens with one attached hydrogen (secondary N) is 1. The highest BCUT2D eigenvalue weighted by Gasteiger charge is 2.12. The molecule has 1 heterocycles. The predicted molar refractivity (Wildman–Crippen MR) is 103 cm³/mol. The minimum atomic E-state index is -0.335. The number of amides is 1. The van der Waals surface area contributed by atoms with Crippen molar-refractivity contribution in [1.29, 1.82) is 0 Å². The van der Waals surface area contributed by atoms with Gasteiger partial charge in [-0.05, 0) is 48.9 Å². The summed E-state index contributed by atoms with van der Waals surface area (Å²) < 4.78 is 7.08. The van der Waals surface area contributed by atoms with Crippen LogP contribution in [0.4, 0.5) is 5.69 Å². The Morgan fingerprint density at radius 2 is 1.85 bits per heavy atom. The SMILES string of the molecule is Cc1ccc(Cl)cc1NC(=O)c1ccn(COc2ccc(Cl)cc2Cl)n1. The van der Waals surface area contributed by atoms with Crippen LogP contribution in [0.2, 0.25) is 15.1 Å². The van der Waals surface area contributed by atoms with Crippen LogP contribution < -0.4 is 10.1 Å². The molecule has 0 radical (unpaired) electrons. The van der Waals surface area contributed by atoms with Crippen molar-refractivity contribution in [3.63, 3.8) is 0 Å². The highest BCUT2D eigenvalue weighted by atomic mass is 35.5. The van der Waals surface area contributed by atoms with Crippen LogP contribution in [0.15, 0.2) is 48.7 Å². The van der Waals surface area contributed by atoms with Gasteiger partial charge in [-0.15, -0.1) is 0 Å². The van der Waals surface area contributed by atoms with Gasteiger partial charge in [0.1, 0.15) is 5.75 Å². The molecule has 0 aliphatic rings. The number of anilines is 1. The molecule has 0 unspecified atom stereocenters. The number of halogens is 3. The summed E-state index contributed by atoms with van der Waals surface area (Å²) in [5.74, 6) is 0.144. The number of carbonyl (C=O) groups excluding carboxylic acids is 1. The van der Waals surface area contributed by atoms with E-state index >= 15 is 0 Å². The molecular formula is C18H14Cl3N3O2. The zero-order chi connectivity index (χ0) is 18.7. The molecule has 0 aliphatic heterocycles. The smallest absolute Gasteiger partial charge is 0.276 e. The summed E-state index contributed by atoms with van der Waals surface area (Å²) in [5.41, 5.74) is 1.80. The molecular weight excluding hydrogens is 397 g/mol. The van der Waals surface area contributed by atoms with E-state index in [1.54, 1.807) is 42.6 Å². The van der Waals surface area contributed by atoms with E-state index in [1.165, 1.54) is 4.68 Å². The van der Waals surface area contributed by atoms with E-state index < -0.39 is 0 Å². The molecule has 0 saturated heterocycles. The number of aromatic nitrogens is 2. The van der Waals surface area contributed by atoms with Gasteiger partial charge >= 0.3 is 0 Å². The zero-order valence-electron chi connectivity index (χ0n) is 13.7. The maximum atomic E-state index is 12.4. The molecule has 0 spiro atoms. The summed E-state index contributed by atoms with van der Waals surface area (Å²) in [6.07, 6.45) is 1.64. The molecule has 3 rings (SSSR count). The van der Waals surface area contributed by atoms with Crippen LogP contribution in [0.5, 0.6) is 5.75 Å². The molecule has 0 fully saturated rings. The van der Waals surface area contributed by atoms with Crippen molar-refractivity contribution in [3.8, 4) is 5.75 Å². The Labute approximate surface area is 165 Å². The predicted octanol–water partition coefficient (Wildman–Crippen LogP) is 5.44. The van der Waals surface area contributed by atoms with E-state index in [9.17, 15) is 4.79 Å². The Bertz CT molecular complexity index is 957. The summed E-state index contributed by atoms with van der Waals surface area (Å²) >= 11 is 17.9. The van der Waals surface area contributed by atoms with Gasteiger partial charge in [-0.2, -0.15) is 5.10 Å². The number of nitrogens with zero attached hydrogens (tertiary/aromatic N) is 2. The molecule has 0 saturated carbocycles. The van der Waals surface area contributed by atoms with Crippen molar-refractivity contribution in [2.75, 3.05) is 5.32 Å². The molecule has 1 aromatic heterocycles. The molecule has 1 N–H and O–H groups in total. The minimum absolute atomic E-state index is 0.102. The van der Waals surface area contributed by atoms with Gasteiger partial charge in [-0.1, -0.05) is 40.9 Å². The van der Waals surface area contributed by atoms with Crippen LogP contribution in [0.3, 0.4) is 0 Å².